The smallest absolute Gasteiger partial charge is 0.258 e. The summed E-state index contributed by atoms with van der Waals surface area (Å²) in [5.74, 6) is -0.551. The molecule has 0 aliphatic heterocycles. The van der Waals surface area contributed by atoms with Gasteiger partial charge in [-0.05, 0) is 18.2 Å². The molecule has 0 saturated heterocycles. The van der Waals surface area contributed by atoms with Crippen molar-refractivity contribution in [2.45, 2.75) is 40.7 Å². The van der Waals surface area contributed by atoms with Crippen molar-refractivity contribution in [1.29, 1.82) is 0 Å². The molecule has 0 spiro atoms. The lowest BCUT2D eigenvalue weighted by molar-refractivity contribution is -0.118. The highest BCUT2D eigenvalue weighted by Crippen LogP contribution is 2.16. The number of aromatic nitrogens is 1. The predicted octanol–water partition coefficient (Wildman–Crippen LogP) is 2.51. The fourth-order valence-corrected chi connectivity index (χ4v) is 1.63. The number of hydrogen-bond donors (Lipinski definition) is 2. The highest BCUT2D eigenvalue weighted by molar-refractivity contribution is 5.92. The van der Waals surface area contributed by atoms with Crippen molar-refractivity contribution in [3.8, 4) is 0 Å². The Labute approximate surface area is 125 Å². The minimum Gasteiger partial charge on any atom is -0.398 e. The number of nitrogens with zero attached hydrogens (tertiary/aromatic N) is 1. The third kappa shape index (κ3) is 5.30. The molecular weight excluding hydrogens is 266 g/mol. The SMILES string of the molecule is CC.CCC.NC(=O)Cn1ccc2c(N)cccc2c1=O. The molecule has 1 amide bonds. The molecule has 4 N–H and O–H groups in total. The van der Waals surface area contributed by atoms with E-state index < -0.39 is 5.91 Å². The molecule has 5 nitrogen and oxygen atoms in total. The molecule has 1 aromatic carbocycles. The van der Waals surface area contributed by atoms with Gasteiger partial charge in [0.2, 0.25) is 5.91 Å². The van der Waals surface area contributed by atoms with Gasteiger partial charge in [-0.2, -0.15) is 0 Å². The minimum atomic E-state index is -0.551. The quantitative estimate of drug-likeness (QED) is 0.833. The van der Waals surface area contributed by atoms with Gasteiger partial charge in [0.15, 0.2) is 0 Å². The summed E-state index contributed by atoms with van der Waals surface area (Å²) in [5.41, 5.74) is 11.1. The molecule has 21 heavy (non-hydrogen) atoms. The summed E-state index contributed by atoms with van der Waals surface area (Å²) < 4.78 is 1.27. The van der Waals surface area contributed by atoms with E-state index >= 15 is 0 Å². The number of rotatable bonds is 2. The summed E-state index contributed by atoms with van der Waals surface area (Å²) in [5, 5.41) is 1.18. The zero-order valence-corrected chi connectivity index (χ0v) is 13.2. The van der Waals surface area contributed by atoms with Gasteiger partial charge in [0.05, 0.1) is 0 Å². The molecular formula is C16H25N3O2. The number of benzene rings is 1. The molecule has 2 rings (SSSR count). The van der Waals surface area contributed by atoms with Crippen LogP contribution in [0.5, 0.6) is 0 Å². The molecule has 0 unspecified atom stereocenters. The van der Waals surface area contributed by atoms with Crippen LogP contribution in [0.25, 0.3) is 10.8 Å². The second kappa shape index (κ2) is 9.58. The number of carbonyl (C=O) groups excluding carboxylic acids is 1. The largest absolute Gasteiger partial charge is 0.398 e. The van der Waals surface area contributed by atoms with Crippen LogP contribution in [0.1, 0.15) is 34.1 Å². The molecule has 1 heterocycles. The van der Waals surface area contributed by atoms with E-state index in [2.05, 4.69) is 13.8 Å². The van der Waals surface area contributed by atoms with Crippen molar-refractivity contribution in [3.05, 3.63) is 40.8 Å². The number of anilines is 1. The average molecular weight is 291 g/mol. The Balaban J connectivity index is 0.000000713. The van der Waals surface area contributed by atoms with E-state index in [-0.39, 0.29) is 12.1 Å². The van der Waals surface area contributed by atoms with Gasteiger partial charge < -0.3 is 16.0 Å². The zero-order chi connectivity index (χ0) is 16.4. The molecule has 2 aromatic rings. The van der Waals surface area contributed by atoms with Crippen LogP contribution in [-0.4, -0.2) is 10.5 Å². The molecule has 0 fully saturated rings. The van der Waals surface area contributed by atoms with Crippen LogP contribution in [0.4, 0.5) is 5.69 Å². The maximum Gasteiger partial charge on any atom is 0.258 e. The highest BCUT2D eigenvalue weighted by Gasteiger charge is 2.05. The van der Waals surface area contributed by atoms with Crippen molar-refractivity contribution < 1.29 is 4.79 Å². The van der Waals surface area contributed by atoms with E-state index in [0.29, 0.717) is 16.5 Å². The molecule has 0 aliphatic carbocycles. The number of nitrogen functional groups attached to an aromatic ring is 1. The van der Waals surface area contributed by atoms with Gasteiger partial charge in [-0.15, -0.1) is 0 Å². The first-order chi connectivity index (χ1) is 10.0. The van der Waals surface area contributed by atoms with Crippen LogP contribution in [0, 0.1) is 0 Å². The summed E-state index contributed by atoms with van der Waals surface area (Å²) in [6.07, 6.45) is 2.77. The van der Waals surface area contributed by atoms with E-state index in [0.717, 1.165) is 0 Å². The molecule has 0 aliphatic rings. The van der Waals surface area contributed by atoms with Crippen LogP contribution < -0.4 is 17.0 Å². The number of fused-ring (bicyclic) bond motifs is 1. The predicted molar refractivity (Wildman–Crippen MR) is 89.1 cm³/mol. The molecule has 116 valence electrons. The van der Waals surface area contributed by atoms with Crippen LogP contribution in [0.15, 0.2) is 35.3 Å². The second-order valence-electron chi connectivity index (χ2n) is 4.23. The zero-order valence-electron chi connectivity index (χ0n) is 13.2. The third-order valence-electron chi connectivity index (χ3n) is 2.38. The Morgan fingerprint density at radius 1 is 1.14 bits per heavy atom. The van der Waals surface area contributed by atoms with Gasteiger partial charge in [-0.3, -0.25) is 9.59 Å². The number of amides is 1. The molecule has 0 radical (unpaired) electrons. The Morgan fingerprint density at radius 2 is 1.71 bits per heavy atom. The van der Waals surface area contributed by atoms with Gasteiger partial charge in [-0.1, -0.05) is 40.2 Å². The van der Waals surface area contributed by atoms with Gasteiger partial charge in [0, 0.05) is 22.7 Å². The average Bonchev–Trinajstić information content (AvgIpc) is 2.45. The summed E-state index contributed by atoms with van der Waals surface area (Å²) in [6.45, 7) is 8.13. The number of hydrogen-bond acceptors (Lipinski definition) is 3. The maximum absolute atomic E-state index is 11.9. The first kappa shape index (κ1) is 18.7. The van der Waals surface area contributed by atoms with Gasteiger partial charge in [-0.25, -0.2) is 0 Å². The molecule has 0 atom stereocenters. The summed E-state index contributed by atoms with van der Waals surface area (Å²) in [6, 6.07) is 6.80. The maximum atomic E-state index is 11.9. The summed E-state index contributed by atoms with van der Waals surface area (Å²) in [7, 11) is 0. The Hall–Kier alpha value is -2.30. The highest BCUT2D eigenvalue weighted by atomic mass is 16.2. The van der Waals surface area contributed by atoms with E-state index in [1.807, 2.05) is 13.8 Å². The lowest BCUT2D eigenvalue weighted by Crippen LogP contribution is -2.27. The number of carbonyl (C=O) groups is 1. The fraction of sp³-hybridized carbons (Fsp3) is 0.375. The first-order valence-electron chi connectivity index (χ1n) is 7.17. The molecule has 0 saturated carbocycles. The van der Waals surface area contributed by atoms with Crippen LogP contribution >= 0.6 is 0 Å². The molecule has 5 heteroatoms. The van der Waals surface area contributed by atoms with Crippen LogP contribution in [0.2, 0.25) is 0 Å². The molecule has 1 aromatic heterocycles. The molecule has 0 bridgehead atoms. The topological polar surface area (TPSA) is 91.1 Å². The second-order valence-corrected chi connectivity index (χ2v) is 4.23. The van der Waals surface area contributed by atoms with Crippen molar-refractivity contribution in [1.82, 2.24) is 4.57 Å². The summed E-state index contributed by atoms with van der Waals surface area (Å²) in [4.78, 5) is 22.7. The third-order valence-corrected chi connectivity index (χ3v) is 2.38. The Bertz CT molecular complexity index is 633. The van der Waals surface area contributed by atoms with Gasteiger partial charge in [0.1, 0.15) is 6.54 Å². The fourth-order valence-electron chi connectivity index (χ4n) is 1.63. The summed E-state index contributed by atoms with van der Waals surface area (Å²) >= 11 is 0. The van der Waals surface area contributed by atoms with E-state index in [1.54, 1.807) is 24.3 Å². The van der Waals surface area contributed by atoms with Crippen molar-refractivity contribution in [2.24, 2.45) is 5.73 Å². The standard InChI is InChI=1S/C11H11N3O2.C3H8.C2H6/c12-9-3-1-2-8-7(9)4-5-14(11(8)16)6-10(13)15;1-3-2;1-2/h1-5H,6,12H2,(H2,13,15);3H2,1-2H3;1-2H3. The van der Waals surface area contributed by atoms with E-state index in [4.69, 9.17) is 11.5 Å². The Kier molecular flexibility index (Phi) is 8.53. The van der Waals surface area contributed by atoms with Crippen molar-refractivity contribution in [2.75, 3.05) is 5.73 Å². The number of pyridine rings is 1. The lowest BCUT2D eigenvalue weighted by Gasteiger charge is -2.06. The Morgan fingerprint density at radius 3 is 2.24 bits per heavy atom. The number of nitrogens with two attached hydrogens (primary N) is 2. The van der Waals surface area contributed by atoms with E-state index in [9.17, 15) is 9.59 Å². The lowest BCUT2D eigenvalue weighted by atomic mass is 10.1. The van der Waals surface area contributed by atoms with Crippen molar-refractivity contribution >= 4 is 22.4 Å². The van der Waals surface area contributed by atoms with Gasteiger partial charge >= 0.3 is 0 Å². The van der Waals surface area contributed by atoms with E-state index in [1.165, 1.54) is 17.2 Å². The van der Waals surface area contributed by atoms with Crippen LogP contribution in [0.3, 0.4) is 0 Å². The van der Waals surface area contributed by atoms with Crippen LogP contribution in [-0.2, 0) is 11.3 Å². The van der Waals surface area contributed by atoms with Crippen molar-refractivity contribution in [3.63, 3.8) is 0 Å². The normalized spacial score (nSPS) is 9.14. The van der Waals surface area contributed by atoms with Gasteiger partial charge in [0.25, 0.3) is 5.56 Å². The monoisotopic (exact) mass is 291 g/mol. The minimum absolute atomic E-state index is 0.121. The number of primary amides is 1. The first-order valence-corrected chi connectivity index (χ1v) is 7.17.